The number of unbranched alkanes of at least 4 members (excludes halogenated alkanes) is 6. The average Bonchev–Trinajstić information content (AvgIpc) is 2.37. The Kier molecular flexibility index (Phi) is 9.38. The number of benzene rings is 1. The Labute approximate surface area is 128 Å². The standard InChI is InChI=1S/C17H26Cl2/c1-2-3-4-5-6-7-8-11-16(18)13-15-10-9-12-17(19)14-15/h9-10,12,14,16H,2-8,11,13H2,1H3. The summed E-state index contributed by atoms with van der Waals surface area (Å²) in [5.74, 6) is 0. The summed E-state index contributed by atoms with van der Waals surface area (Å²) in [7, 11) is 0. The largest absolute Gasteiger partial charge is 0.123 e. The van der Waals surface area contributed by atoms with Gasteiger partial charge in [-0.15, -0.1) is 11.6 Å². The van der Waals surface area contributed by atoms with Gasteiger partial charge in [0.15, 0.2) is 0 Å². The summed E-state index contributed by atoms with van der Waals surface area (Å²) >= 11 is 12.4. The van der Waals surface area contributed by atoms with E-state index in [1.54, 1.807) is 0 Å². The van der Waals surface area contributed by atoms with Gasteiger partial charge in [-0.2, -0.15) is 0 Å². The third kappa shape index (κ3) is 8.55. The molecule has 1 aromatic carbocycles. The van der Waals surface area contributed by atoms with E-state index in [1.807, 2.05) is 18.2 Å². The van der Waals surface area contributed by atoms with Crippen LogP contribution in [0.1, 0.15) is 63.9 Å². The zero-order chi connectivity index (χ0) is 13.9. The molecular weight excluding hydrogens is 275 g/mol. The van der Waals surface area contributed by atoms with Crippen molar-refractivity contribution in [2.45, 2.75) is 70.1 Å². The van der Waals surface area contributed by atoms with E-state index in [0.29, 0.717) is 0 Å². The first-order valence-electron chi connectivity index (χ1n) is 7.61. The molecule has 108 valence electrons. The maximum atomic E-state index is 6.39. The normalized spacial score (nSPS) is 12.6. The van der Waals surface area contributed by atoms with E-state index in [9.17, 15) is 0 Å². The predicted octanol–water partition coefficient (Wildman–Crippen LogP) is 6.63. The van der Waals surface area contributed by atoms with Crippen LogP contribution in [0.15, 0.2) is 24.3 Å². The van der Waals surface area contributed by atoms with Crippen molar-refractivity contribution in [2.75, 3.05) is 0 Å². The molecule has 0 amide bonds. The lowest BCUT2D eigenvalue weighted by Gasteiger charge is -2.09. The Morgan fingerprint density at radius 3 is 2.37 bits per heavy atom. The van der Waals surface area contributed by atoms with Gasteiger partial charge in [-0.1, -0.05) is 75.6 Å². The molecule has 0 aliphatic heterocycles. The Morgan fingerprint density at radius 2 is 1.68 bits per heavy atom. The topological polar surface area (TPSA) is 0 Å². The molecule has 0 radical (unpaired) electrons. The van der Waals surface area contributed by atoms with Crippen molar-refractivity contribution in [1.29, 1.82) is 0 Å². The lowest BCUT2D eigenvalue weighted by atomic mass is 10.0. The third-order valence-corrected chi connectivity index (χ3v) is 4.07. The number of halogens is 2. The molecule has 1 rings (SSSR count). The van der Waals surface area contributed by atoms with Crippen molar-refractivity contribution in [2.24, 2.45) is 0 Å². The first-order chi connectivity index (χ1) is 9.22. The van der Waals surface area contributed by atoms with Gasteiger partial charge >= 0.3 is 0 Å². The molecule has 0 saturated heterocycles. The van der Waals surface area contributed by atoms with E-state index >= 15 is 0 Å². The van der Waals surface area contributed by atoms with Gasteiger partial charge in [0.05, 0.1) is 0 Å². The summed E-state index contributed by atoms with van der Waals surface area (Å²) in [6.45, 7) is 2.26. The Bertz CT molecular complexity index is 336. The molecule has 0 bridgehead atoms. The van der Waals surface area contributed by atoms with E-state index < -0.39 is 0 Å². The minimum atomic E-state index is 0.245. The van der Waals surface area contributed by atoms with E-state index in [0.717, 1.165) is 17.9 Å². The Hall–Kier alpha value is -0.200. The van der Waals surface area contributed by atoms with E-state index in [1.165, 1.54) is 50.5 Å². The van der Waals surface area contributed by atoms with Crippen LogP contribution < -0.4 is 0 Å². The van der Waals surface area contributed by atoms with Gasteiger partial charge in [-0.25, -0.2) is 0 Å². The summed E-state index contributed by atoms with van der Waals surface area (Å²) in [4.78, 5) is 0. The number of hydrogen-bond donors (Lipinski definition) is 0. The summed E-state index contributed by atoms with van der Waals surface area (Å²) in [6.07, 6.45) is 11.5. The molecule has 0 aromatic heterocycles. The van der Waals surface area contributed by atoms with Crippen LogP contribution in [0.4, 0.5) is 0 Å². The van der Waals surface area contributed by atoms with E-state index in [2.05, 4.69) is 13.0 Å². The SMILES string of the molecule is CCCCCCCCCC(Cl)Cc1cccc(Cl)c1. The quantitative estimate of drug-likeness (QED) is 0.336. The number of hydrogen-bond acceptors (Lipinski definition) is 0. The number of alkyl halides is 1. The third-order valence-electron chi connectivity index (χ3n) is 3.47. The summed E-state index contributed by atoms with van der Waals surface area (Å²) in [5.41, 5.74) is 1.25. The molecular formula is C17H26Cl2. The first kappa shape index (κ1) is 16.9. The van der Waals surface area contributed by atoms with Crippen LogP contribution >= 0.6 is 23.2 Å². The maximum Gasteiger partial charge on any atom is 0.0408 e. The predicted molar refractivity (Wildman–Crippen MR) is 87.4 cm³/mol. The van der Waals surface area contributed by atoms with Crippen molar-refractivity contribution < 1.29 is 0 Å². The van der Waals surface area contributed by atoms with Gasteiger partial charge < -0.3 is 0 Å². The van der Waals surface area contributed by atoms with Gasteiger partial charge in [0.2, 0.25) is 0 Å². The molecule has 1 aromatic rings. The maximum absolute atomic E-state index is 6.39. The number of rotatable bonds is 10. The molecule has 0 fully saturated rings. The van der Waals surface area contributed by atoms with Crippen molar-refractivity contribution in [3.63, 3.8) is 0 Å². The zero-order valence-corrected chi connectivity index (χ0v) is 13.5. The minimum Gasteiger partial charge on any atom is -0.123 e. The Morgan fingerprint density at radius 1 is 1.00 bits per heavy atom. The lowest BCUT2D eigenvalue weighted by Crippen LogP contribution is -2.03. The summed E-state index contributed by atoms with van der Waals surface area (Å²) < 4.78 is 0. The minimum absolute atomic E-state index is 0.245. The highest BCUT2D eigenvalue weighted by atomic mass is 35.5. The van der Waals surface area contributed by atoms with Crippen LogP contribution in [-0.4, -0.2) is 5.38 Å². The van der Waals surface area contributed by atoms with Crippen LogP contribution in [0, 0.1) is 0 Å². The van der Waals surface area contributed by atoms with Crippen molar-refractivity contribution in [1.82, 2.24) is 0 Å². The van der Waals surface area contributed by atoms with Crippen LogP contribution in [0.5, 0.6) is 0 Å². The van der Waals surface area contributed by atoms with Crippen LogP contribution in [0.3, 0.4) is 0 Å². The Balaban J connectivity index is 2.06. The van der Waals surface area contributed by atoms with Crippen molar-refractivity contribution >= 4 is 23.2 Å². The smallest absolute Gasteiger partial charge is 0.0408 e. The van der Waals surface area contributed by atoms with Crippen molar-refractivity contribution in [3.8, 4) is 0 Å². The highest BCUT2D eigenvalue weighted by Gasteiger charge is 2.06. The summed E-state index contributed by atoms with van der Waals surface area (Å²) in [6, 6.07) is 8.02. The van der Waals surface area contributed by atoms with E-state index in [-0.39, 0.29) is 5.38 Å². The lowest BCUT2D eigenvalue weighted by molar-refractivity contribution is 0.567. The van der Waals surface area contributed by atoms with Crippen LogP contribution in [0.2, 0.25) is 5.02 Å². The molecule has 0 spiro atoms. The van der Waals surface area contributed by atoms with Crippen molar-refractivity contribution in [3.05, 3.63) is 34.9 Å². The average molecular weight is 301 g/mol. The van der Waals surface area contributed by atoms with Crippen LogP contribution in [-0.2, 0) is 6.42 Å². The molecule has 19 heavy (non-hydrogen) atoms. The van der Waals surface area contributed by atoms with Gasteiger partial charge in [-0.3, -0.25) is 0 Å². The molecule has 0 heterocycles. The second-order valence-corrected chi connectivity index (χ2v) is 6.39. The fraction of sp³-hybridized carbons (Fsp3) is 0.647. The summed E-state index contributed by atoms with van der Waals surface area (Å²) in [5, 5.41) is 1.05. The molecule has 1 unspecified atom stereocenters. The van der Waals surface area contributed by atoms with Crippen LogP contribution in [0.25, 0.3) is 0 Å². The molecule has 0 aliphatic rings. The fourth-order valence-corrected chi connectivity index (χ4v) is 2.89. The second-order valence-electron chi connectivity index (χ2n) is 5.34. The van der Waals surface area contributed by atoms with Gasteiger partial charge in [0.1, 0.15) is 0 Å². The molecule has 0 saturated carbocycles. The highest BCUT2D eigenvalue weighted by Crippen LogP contribution is 2.18. The highest BCUT2D eigenvalue weighted by molar-refractivity contribution is 6.30. The fourth-order valence-electron chi connectivity index (χ4n) is 2.34. The van der Waals surface area contributed by atoms with Gasteiger partial charge in [-0.05, 0) is 30.5 Å². The van der Waals surface area contributed by atoms with Gasteiger partial charge in [0.25, 0.3) is 0 Å². The molecule has 2 heteroatoms. The van der Waals surface area contributed by atoms with Gasteiger partial charge in [0, 0.05) is 10.4 Å². The monoisotopic (exact) mass is 300 g/mol. The van der Waals surface area contributed by atoms with E-state index in [4.69, 9.17) is 23.2 Å². The zero-order valence-electron chi connectivity index (χ0n) is 12.0. The molecule has 1 atom stereocenters. The first-order valence-corrected chi connectivity index (χ1v) is 8.42. The second kappa shape index (κ2) is 10.6. The molecule has 0 aliphatic carbocycles. The molecule has 0 nitrogen and oxygen atoms in total. The molecule has 0 N–H and O–H groups in total.